The first-order valence-corrected chi connectivity index (χ1v) is 14.9. The molecule has 2 aliphatic rings. The predicted octanol–water partition coefficient (Wildman–Crippen LogP) is 6.54. The number of piperidine rings is 1. The third kappa shape index (κ3) is 8.52. The molecule has 2 amide bonds. The lowest BCUT2D eigenvalue weighted by Crippen LogP contribution is -2.48. The molecule has 6 heteroatoms. The van der Waals surface area contributed by atoms with Crippen molar-refractivity contribution in [1.82, 2.24) is 15.1 Å². The van der Waals surface area contributed by atoms with Crippen molar-refractivity contribution in [2.24, 2.45) is 23.2 Å². The van der Waals surface area contributed by atoms with E-state index in [0.29, 0.717) is 30.5 Å². The average molecular weight is 544 g/mol. The van der Waals surface area contributed by atoms with Gasteiger partial charge < -0.3 is 10.2 Å². The lowest BCUT2D eigenvalue weighted by molar-refractivity contribution is -0.137. The monoisotopic (exact) mass is 543 g/mol. The largest absolute Gasteiger partial charge is 0.351 e. The van der Waals surface area contributed by atoms with Gasteiger partial charge in [-0.1, -0.05) is 32.9 Å². The summed E-state index contributed by atoms with van der Waals surface area (Å²) in [6.45, 7) is 24.0. The topological polar surface area (TPSA) is 52.7 Å². The van der Waals surface area contributed by atoms with Gasteiger partial charge in [-0.3, -0.25) is 14.5 Å². The van der Waals surface area contributed by atoms with Gasteiger partial charge in [-0.05, 0) is 102 Å². The fraction of sp³-hybridized carbons (Fsp3) is 0.758. The minimum Gasteiger partial charge on any atom is -0.351 e. The Bertz CT molecular complexity index is 1010. The van der Waals surface area contributed by atoms with E-state index in [1.165, 1.54) is 0 Å². The molecule has 2 heterocycles. The maximum Gasteiger partial charge on any atom is 0.227 e. The Labute approximate surface area is 237 Å². The number of nitrogens with one attached hydrogen (secondary N) is 1. The van der Waals surface area contributed by atoms with Crippen LogP contribution in [0.4, 0.5) is 4.39 Å². The highest BCUT2D eigenvalue weighted by molar-refractivity contribution is 5.81. The summed E-state index contributed by atoms with van der Waals surface area (Å²) < 4.78 is 15.1. The maximum absolute atomic E-state index is 15.1. The van der Waals surface area contributed by atoms with E-state index in [2.05, 4.69) is 70.5 Å². The summed E-state index contributed by atoms with van der Waals surface area (Å²) in [7, 11) is 0. The van der Waals surface area contributed by atoms with Gasteiger partial charge >= 0.3 is 0 Å². The van der Waals surface area contributed by atoms with Crippen molar-refractivity contribution in [1.29, 1.82) is 0 Å². The lowest BCUT2D eigenvalue weighted by Gasteiger charge is -2.42. The Morgan fingerprint density at radius 2 is 1.62 bits per heavy atom. The molecule has 220 valence electrons. The molecule has 1 aromatic carbocycles. The van der Waals surface area contributed by atoms with E-state index in [1.54, 1.807) is 13.0 Å². The first-order chi connectivity index (χ1) is 17.9. The number of hydrogen-bond acceptors (Lipinski definition) is 3. The average Bonchev–Trinajstić information content (AvgIpc) is 3.22. The van der Waals surface area contributed by atoms with Gasteiger partial charge in [0.2, 0.25) is 11.8 Å². The number of amides is 2. The number of halogens is 1. The van der Waals surface area contributed by atoms with Crippen LogP contribution < -0.4 is 5.32 Å². The van der Waals surface area contributed by atoms with Crippen LogP contribution in [0.5, 0.6) is 0 Å². The molecule has 0 saturated carbocycles. The molecule has 0 aliphatic carbocycles. The molecular formula is C33H54FN3O2. The molecule has 5 nitrogen and oxygen atoms in total. The highest BCUT2D eigenvalue weighted by atomic mass is 19.1. The van der Waals surface area contributed by atoms with Crippen molar-refractivity contribution >= 4 is 11.8 Å². The molecule has 1 unspecified atom stereocenters. The van der Waals surface area contributed by atoms with E-state index in [1.807, 2.05) is 19.1 Å². The molecule has 2 fully saturated rings. The summed E-state index contributed by atoms with van der Waals surface area (Å²) in [6.07, 6.45) is 3.97. The van der Waals surface area contributed by atoms with Crippen molar-refractivity contribution < 1.29 is 14.0 Å². The number of nitrogens with zero attached hydrogens (tertiary/aromatic N) is 2. The second-order valence-corrected chi connectivity index (χ2v) is 15.3. The van der Waals surface area contributed by atoms with Crippen molar-refractivity contribution in [3.63, 3.8) is 0 Å². The summed E-state index contributed by atoms with van der Waals surface area (Å²) in [5.41, 5.74) is 1.42. The van der Waals surface area contributed by atoms with E-state index < -0.39 is 0 Å². The summed E-state index contributed by atoms with van der Waals surface area (Å²) >= 11 is 0. The molecule has 2 aliphatic heterocycles. The van der Waals surface area contributed by atoms with Gasteiger partial charge in [0.1, 0.15) is 5.82 Å². The Hall–Kier alpha value is -1.95. The molecule has 3 atom stereocenters. The molecule has 3 rings (SSSR count). The minimum absolute atomic E-state index is 0.00959. The summed E-state index contributed by atoms with van der Waals surface area (Å²) in [6, 6.07) is 5.45. The van der Waals surface area contributed by atoms with Gasteiger partial charge in [-0.15, -0.1) is 0 Å². The Balaban J connectivity index is 1.75. The second kappa shape index (κ2) is 11.9. The standard InChI is InChI=1S/C33H54FN3O2/c1-22-11-12-26(29(34)17-22)27-20-37(32(6,7)8)21-28(27)30(39)36-15-13-24(14-16-36)25(18-31(3,4)5)19-33(9,10)35-23(2)38/h11-12,17,24-25,27-28H,13-16,18-21H2,1-10H3,(H,35,38)/t25?,27-,28+/m0/s1. The van der Waals surface area contributed by atoms with Crippen LogP contribution in [0.15, 0.2) is 18.2 Å². The third-order valence-corrected chi connectivity index (χ3v) is 8.82. The zero-order valence-electron chi connectivity index (χ0n) is 26.3. The third-order valence-electron chi connectivity index (χ3n) is 8.82. The Morgan fingerprint density at radius 3 is 2.13 bits per heavy atom. The molecule has 0 spiro atoms. The van der Waals surface area contributed by atoms with Gasteiger partial charge in [-0.25, -0.2) is 4.39 Å². The lowest BCUT2D eigenvalue weighted by atomic mass is 9.70. The number of likely N-dealkylation sites (tertiary alicyclic amines) is 2. The highest BCUT2D eigenvalue weighted by Crippen LogP contribution is 2.41. The molecule has 0 bridgehead atoms. The molecule has 1 aromatic rings. The zero-order valence-corrected chi connectivity index (χ0v) is 26.3. The molecule has 39 heavy (non-hydrogen) atoms. The fourth-order valence-electron chi connectivity index (χ4n) is 7.05. The van der Waals surface area contributed by atoms with Crippen LogP contribution in [-0.2, 0) is 9.59 Å². The Kier molecular flexibility index (Phi) is 9.62. The van der Waals surface area contributed by atoms with Crippen LogP contribution in [0.1, 0.15) is 105 Å². The first kappa shape index (κ1) is 31.6. The molecular weight excluding hydrogens is 489 g/mol. The number of benzene rings is 1. The number of hydrogen-bond donors (Lipinski definition) is 1. The second-order valence-electron chi connectivity index (χ2n) is 15.3. The van der Waals surface area contributed by atoms with Gasteiger partial charge in [-0.2, -0.15) is 0 Å². The van der Waals surface area contributed by atoms with Crippen LogP contribution in [0.3, 0.4) is 0 Å². The SMILES string of the molecule is CC(=O)NC(C)(C)CC(CC(C)(C)C)C1CCN(C(=O)[C@@H]2CN(C(C)(C)C)C[C@H]2c2ccc(C)cc2F)CC1. The number of carbonyl (C=O) groups is 2. The summed E-state index contributed by atoms with van der Waals surface area (Å²) in [4.78, 5) is 30.2. The predicted molar refractivity (Wildman–Crippen MR) is 158 cm³/mol. The van der Waals surface area contributed by atoms with Crippen LogP contribution in [0.2, 0.25) is 0 Å². The van der Waals surface area contributed by atoms with Gasteiger partial charge in [0, 0.05) is 50.1 Å². The van der Waals surface area contributed by atoms with Crippen LogP contribution in [-0.4, -0.2) is 58.9 Å². The van der Waals surface area contributed by atoms with E-state index in [-0.39, 0.29) is 46.0 Å². The van der Waals surface area contributed by atoms with Crippen LogP contribution in [0.25, 0.3) is 0 Å². The van der Waals surface area contributed by atoms with Crippen molar-refractivity contribution in [3.05, 3.63) is 35.1 Å². The Morgan fingerprint density at radius 1 is 1.00 bits per heavy atom. The quantitative estimate of drug-likeness (QED) is 0.425. The maximum atomic E-state index is 15.1. The van der Waals surface area contributed by atoms with Gasteiger partial charge in [0.25, 0.3) is 0 Å². The molecule has 0 radical (unpaired) electrons. The minimum atomic E-state index is -0.264. The zero-order chi connectivity index (χ0) is 29.3. The summed E-state index contributed by atoms with van der Waals surface area (Å²) in [5.74, 6) is 0.609. The fourth-order valence-corrected chi connectivity index (χ4v) is 7.05. The molecule has 0 aromatic heterocycles. The van der Waals surface area contributed by atoms with Crippen molar-refractivity contribution in [2.75, 3.05) is 26.2 Å². The molecule has 2 saturated heterocycles. The van der Waals surface area contributed by atoms with Crippen molar-refractivity contribution in [3.8, 4) is 0 Å². The number of rotatable bonds is 7. The van der Waals surface area contributed by atoms with Crippen LogP contribution >= 0.6 is 0 Å². The smallest absolute Gasteiger partial charge is 0.227 e. The van der Waals surface area contributed by atoms with Gasteiger partial charge in [0.05, 0.1) is 5.92 Å². The number of aryl methyl sites for hydroxylation is 1. The highest BCUT2D eigenvalue weighted by Gasteiger charge is 2.45. The van der Waals surface area contributed by atoms with E-state index in [4.69, 9.17) is 0 Å². The van der Waals surface area contributed by atoms with Crippen molar-refractivity contribution in [2.45, 2.75) is 112 Å². The summed E-state index contributed by atoms with van der Waals surface area (Å²) in [5, 5.41) is 3.14. The van der Waals surface area contributed by atoms with E-state index >= 15 is 4.39 Å². The normalized spacial score (nSPS) is 22.7. The first-order valence-electron chi connectivity index (χ1n) is 14.9. The van der Waals surface area contributed by atoms with Gasteiger partial charge in [0.15, 0.2) is 0 Å². The molecule has 1 N–H and O–H groups in total. The number of carbonyl (C=O) groups excluding carboxylic acids is 2. The van der Waals surface area contributed by atoms with E-state index in [9.17, 15) is 9.59 Å². The van der Waals surface area contributed by atoms with E-state index in [0.717, 1.165) is 44.3 Å². The van der Waals surface area contributed by atoms with Crippen LogP contribution in [0, 0.1) is 35.9 Å².